The van der Waals surface area contributed by atoms with E-state index in [1.807, 2.05) is 6.92 Å². The third kappa shape index (κ3) is 5.64. The van der Waals surface area contributed by atoms with Crippen molar-refractivity contribution in [3.63, 3.8) is 0 Å². The molecule has 2 aliphatic heterocycles. The second-order valence-corrected chi connectivity index (χ2v) is 9.92. The van der Waals surface area contributed by atoms with E-state index in [1.165, 1.54) is 0 Å². The Morgan fingerprint density at radius 1 is 1.09 bits per heavy atom. The first-order chi connectivity index (χ1) is 15.9. The van der Waals surface area contributed by atoms with Crippen molar-refractivity contribution in [2.45, 2.75) is 49.3 Å². The van der Waals surface area contributed by atoms with Crippen molar-refractivity contribution in [1.82, 2.24) is 10.0 Å². The molecule has 10 heteroatoms. The van der Waals surface area contributed by atoms with Crippen LogP contribution in [0, 0.1) is 6.92 Å². The molecule has 0 aromatic heterocycles. The predicted octanol–water partition coefficient (Wildman–Crippen LogP) is 1.73. The van der Waals surface area contributed by atoms with Gasteiger partial charge in [0.2, 0.25) is 16.8 Å². The molecule has 2 aromatic rings. The van der Waals surface area contributed by atoms with Gasteiger partial charge in [0.15, 0.2) is 11.5 Å². The van der Waals surface area contributed by atoms with E-state index >= 15 is 0 Å². The minimum atomic E-state index is -3.72. The summed E-state index contributed by atoms with van der Waals surface area (Å²) >= 11 is 0. The molecule has 1 amide bonds. The lowest BCUT2D eigenvalue weighted by Gasteiger charge is -2.36. The maximum atomic E-state index is 12.7. The third-order valence-electron chi connectivity index (χ3n) is 5.82. The SMILES string of the molecule is Cc1ccc(S(=O)(=O)N[C@H]2CC[C@@H](CCNC(=O)c3ccc4c(c3)OCO4)O[C@H]2CO)cc1. The van der Waals surface area contributed by atoms with Crippen LogP contribution in [0.15, 0.2) is 47.4 Å². The molecule has 1 fully saturated rings. The fourth-order valence-corrected chi connectivity index (χ4v) is 5.25. The van der Waals surface area contributed by atoms with Crippen LogP contribution in [-0.4, -0.2) is 57.6 Å². The van der Waals surface area contributed by atoms with Crippen molar-refractivity contribution >= 4 is 15.9 Å². The molecule has 3 N–H and O–H groups in total. The maximum Gasteiger partial charge on any atom is 0.251 e. The topological polar surface area (TPSA) is 123 Å². The fourth-order valence-electron chi connectivity index (χ4n) is 3.95. The zero-order chi connectivity index (χ0) is 23.4. The van der Waals surface area contributed by atoms with Crippen LogP contribution >= 0.6 is 0 Å². The minimum Gasteiger partial charge on any atom is -0.454 e. The summed E-state index contributed by atoms with van der Waals surface area (Å²) in [6, 6.07) is 11.1. The van der Waals surface area contributed by atoms with Crippen molar-refractivity contribution in [2.75, 3.05) is 19.9 Å². The Bertz CT molecular complexity index is 1090. The molecule has 1 saturated heterocycles. The van der Waals surface area contributed by atoms with Gasteiger partial charge in [0.1, 0.15) is 0 Å². The largest absolute Gasteiger partial charge is 0.454 e. The quantitative estimate of drug-likeness (QED) is 0.530. The number of rotatable bonds is 8. The van der Waals surface area contributed by atoms with Crippen LogP contribution in [0.2, 0.25) is 0 Å². The van der Waals surface area contributed by atoms with Gasteiger partial charge in [0.05, 0.1) is 29.8 Å². The molecule has 4 rings (SSSR count). The zero-order valence-corrected chi connectivity index (χ0v) is 19.1. The van der Waals surface area contributed by atoms with Crippen molar-refractivity contribution in [2.24, 2.45) is 0 Å². The first-order valence-electron chi connectivity index (χ1n) is 10.9. The number of fused-ring (bicyclic) bond motifs is 1. The molecule has 33 heavy (non-hydrogen) atoms. The summed E-state index contributed by atoms with van der Waals surface area (Å²) in [4.78, 5) is 12.6. The number of carbonyl (C=O) groups is 1. The van der Waals surface area contributed by atoms with Crippen molar-refractivity contribution in [3.05, 3.63) is 53.6 Å². The van der Waals surface area contributed by atoms with Crippen LogP contribution in [0.5, 0.6) is 11.5 Å². The Hall–Kier alpha value is -2.66. The van der Waals surface area contributed by atoms with Gasteiger partial charge in [-0.2, -0.15) is 0 Å². The van der Waals surface area contributed by atoms with Crippen molar-refractivity contribution in [1.29, 1.82) is 0 Å². The van der Waals surface area contributed by atoms with E-state index < -0.39 is 22.2 Å². The fraction of sp³-hybridized carbons (Fsp3) is 0.435. The van der Waals surface area contributed by atoms with Gasteiger partial charge in [-0.25, -0.2) is 13.1 Å². The Balaban J connectivity index is 1.27. The van der Waals surface area contributed by atoms with Gasteiger partial charge in [-0.05, 0) is 56.5 Å². The number of carbonyl (C=O) groups excluding carboxylic acids is 1. The molecule has 0 radical (unpaired) electrons. The third-order valence-corrected chi connectivity index (χ3v) is 7.33. The molecule has 0 saturated carbocycles. The Kier molecular flexibility index (Phi) is 7.18. The van der Waals surface area contributed by atoms with Gasteiger partial charge < -0.3 is 24.6 Å². The lowest BCUT2D eigenvalue weighted by molar-refractivity contribution is -0.0871. The van der Waals surface area contributed by atoms with Crippen LogP contribution < -0.4 is 19.5 Å². The molecule has 2 aliphatic rings. The number of ether oxygens (including phenoxy) is 3. The highest BCUT2D eigenvalue weighted by Crippen LogP contribution is 2.32. The van der Waals surface area contributed by atoms with E-state index in [1.54, 1.807) is 42.5 Å². The highest BCUT2D eigenvalue weighted by Gasteiger charge is 2.33. The van der Waals surface area contributed by atoms with Crippen LogP contribution in [0.4, 0.5) is 0 Å². The first kappa shape index (κ1) is 23.5. The van der Waals surface area contributed by atoms with Crippen LogP contribution in [0.1, 0.15) is 35.2 Å². The summed E-state index contributed by atoms with van der Waals surface area (Å²) in [7, 11) is -3.72. The van der Waals surface area contributed by atoms with Crippen molar-refractivity contribution < 1.29 is 32.5 Å². The number of amides is 1. The second-order valence-electron chi connectivity index (χ2n) is 8.21. The predicted molar refractivity (Wildman–Crippen MR) is 120 cm³/mol. The van der Waals surface area contributed by atoms with Gasteiger partial charge in [-0.1, -0.05) is 17.7 Å². The summed E-state index contributed by atoms with van der Waals surface area (Å²) in [5, 5.41) is 12.6. The first-order valence-corrected chi connectivity index (χ1v) is 12.4. The Labute approximate surface area is 193 Å². The molecule has 0 unspecified atom stereocenters. The number of hydrogen-bond acceptors (Lipinski definition) is 7. The minimum absolute atomic E-state index is 0.146. The summed E-state index contributed by atoms with van der Waals surface area (Å²) in [6.07, 6.45) is 0.826. The van der Waals surface area contributed by atoms with Gasteiger partial charge in [-0.15, -0.1) is 0 Å². The second kappa shape index (κ2) is 10.1. The van der Waals surface area contributed by atoms with Crippen LogP contribution in [-0.2, 0) is 14.8 Å². The molecular formula is C23H28N2O7S. The molecule has 2 aromatic carbocycles. The number of nitrogens with one attached hydrogen (secondary N) is 2. The molecular weight excluding hydrogens is 448 g/mol. The van der Waals surface area contributed by atoms with Gasteiger partial charge in [0, 0.05) is 12.1 Å². The number of aliphatic hydroxyl groups excluding tert-OH is 1. The van der Waals surface area contributed by atoms with Crippen LogP contribution in [0.25, 0.3) is 0 Å². The molecule has 178 valence electrons. The highest BCUT2D eigenvalue weighted by atomic mass is 32.2. The summed E-state index contributed by atoms with van der Waals surface area (Å²) in [5.74, 6) is 0.930. The number of aryl methyl sites for hydroxylation is 1. The summed E-state index contributed by atoms with van der Waals surface area (Å²) < 4.78 is 44.5. The molecule has 0 aliphatic carbocycles. The van der Waals surface area contributed by atoms with Gasteiger partial charge in [-0.3, -0.25) is 4.79 Å². The van der Waals surface area contributed by atoms with E-state index in [0.29, 0.717) is 42.9 Å². The molecule has 0 bridgehead atoms. The molecule has 3 atom stereocenters. The normalized spacial score (nSPS) is 22.2. The van der Waals surface area contributed by atoms with E-state index in [4.69, 9.17) is 14.2 Å². The number of aliphatic hydroxyl groups is 1. The van der Waals surface area contributed by atoms with Crippen LogP contribution in [0.3, 0.4) is 0 Å². The Morgan fingerprint density at radius 2 is 1.85 bits per heavy atom. The molecule has 2 heterocycles. The average molecular weight is 477 g/mol. The van der Waals surface area contributed by atoms with E-state index in [2.05, 4.69) is 10.0 Å². The van der Waals surface area contributed by atoms with Crippen molar-refractivity contribution in [3.8, 4) is 11.5 Å². The lowest BCUT2D eigenvalue weighted by Crippen LogP contribution is -2.51. The van der Waals surface area contributed by atoms with Gasteiger partial charge >= 0.3 is 0 Å². The highest BCUT2D eigenvalue weighted by molar-refractivity contribution is 7.89. The van der Waals surface area contributed by atoms with E-state index in [0.717, 1.165) is 5.56 Å². The monoisotopic (exact) mass is 476 g/mol. The smallest absolute Gasteiger partial charge is 0.251 e. The summed E-state index contributed by atoms with van der Waals surface area (Å²) in [6.45, 7) is 2.11. The van der Waals surface area contributed by atoms with E-state index in [-0.39, 0.29) is 30.3 Å². The lowest BCUT2D eigenvalue weighted by atomic mass is 9.98. The maximum absolute atomic E-state index is 12.7. The summed E-state index contributed by atoms with van der Waals surface area (Å²) in [5.41, 5.74) is 1.44. The number of hydrogen-bond donors (Lipinski definition) is 3. The zero-order valence-electron chi connectivity index (χ0n) is 18.3. The standard InChI is InChI=1S/C23H28N2O7S/c1-15-2-6-18(7-3-15)33(28,29)25-19-8-5-17(32-22(19)13-26)10-11-24-23(27)16-4-9-20-21(12-16)31-14-30-20/h2-4,6-7,9,12,17,19,22,25-26H,5,8,10-11,13-14H2,1H3,(H,24,27)/t17-,19-,22-/m0/s1. The number of sulfonamides is 1. The Morgan fingerprint density at radius 3 is 2.61 bits per heavy atom. The van der Waals surface area contributed by atoms with E-state index in [9.17, 15) is 18.3 Å². The molecule has 9 nitrogen and oxygen atoms in total. The molecule has 0 spiro atoms. The average Bonchev–Trinajstić information content (AvgIpc) is 3.28. The van der Waals surface area contributed by atoms with Gasteiger partial charge in [0.25, 0.3) is 5.91 Å². The number of benzene rings is 2.